The van der Waals surface area contributed by atoms with Gasteiger partial charge in [-0.1, -0.05) is 222 Å². The molecule has 0 bridgehead atoms. The fourth-order valence-corrected chi connectivity index (χ4v) is 13.1. The Morgan fingerprint density at radius 3 is 1.53 bits per heavy atom. The Bertz CT molecular complexity index is 4260. The number of rotatable bonds is 9. The molecule has 12 aromatic carbocycles. The Hall–Kier alpha value is -9.31. The van der Waals surface area contributed by atoms with E-state index in [2.05, 4.69) is 219 Å². The van der Waals surface area contributed by atoms with E-state index in [0.29, 0.717) is 11.3 Å². The molecule has 0 saturated heterocycles. The van der Waals surface area contributed by atoms with Gasteiger partial charge in [0.2, 0.25) is 0 Å². The van der Waals surface area contributed by atoms with Gasteiger partial charge in [-0.2, -0.15) is 0 Å². The second-order valence-corrected chi connectivity index (χ2v) is 21.7. The van der Waals surface area contributed by atoms with Crippen LogP contribution in [0.25, 0.3) is 77.2 Å². The predicted molar refractivity (Wildman–Crippen MR) is 322 cm³/mol. The molecule has 0 heterocycles. The van der Waals surface area contributed by atoms with Crippen LogP contribution in [0.4, 0.5) is 38.5 Å². The van der Waals surface area contributed by atoms with Crippen molar-refractivity contribution in [2.45, 2.75) is 38.5 Å². The minimum Gasteiger partial charge on any atom is -0.310 e. The average Bonchev–Trinajstić information content (AvgIpc) is 3.93. The molecule has 0 aromatic heterocycles. The fraction of sp³-hybridized carbons (Fsp3) is 0.0811. The first-order valence-corrected chi connectivity index (χ1v) is 26.8. The molecule has 368 valence electrons. The van der Waals surface area contributed by atoms with E-state index < -0.39 is 5.41 Å². The van der Waals surface area contributed by atoms with Crippen LogP contribution in [-0.2, 0) is 10.8 Å². The van der Waals surface area contributed by atoms with E-state index in [1.54, 1.807) is 0 Å². The van der Waals surface area contributed by atoms with E-state index in [-0.39, 0.29) is 11.2 Å². The highest BCUT2D eigenvalue weighted by molar-refractivity contribution is 6.24. The summed E-state index contributed by atoms with van der Waals surface area (Å²) in [6, 6.07) is 92.9. The number of para-hydroxylation sites is 2. The molecule has 0 unspecified atom stereocenters. The number of nitrogens with zero attached hydrogens (tertiary/aromatic N) is 2. The van der Waals surface area contributed by atoms with Crippen molar-refractivity contribution in [2.75, 3.05) is 9.80 Å². The zero-order valence-corrected chi connectivity index (χ0v) is 43.6. The summed E-state index contributed by atoms with van der Waals surface area (Å²) in [5, 5.41) is 4.87. The van der Waals surface area contributed by atoms with Crippen molar-refractivity contribution in [1.82, 2.24) is 0 Å². The van der Waals surface area contributed by atoms with Crippen molar-refractivity contribution < 1.29 is 4.39 Å². The smallest absolute Gasteiger partial charge is 0.155 e. The molecule has 0 spiro atoms. The predicted octanol–water partition coefficient (Wildman–Crippen LogP) is 20.7. The number of hydrogen-bond donors (Lipinski definition) is 0. The lowest BCUT2D eigenvalue weighted by Gasteiger charge is -2.38. The van der Waals surface area contributed by atoms with Gasteiger partial charge in [0, 0.05) is 39.1 Å². The van der Waals surface area contributed by atoms with Gasteiger partial charge in [0.15, 0.2) is 5.82 Å². The minimum absolute atomic E-state index is 0.219. The molecule has 0 amide bonds. The highest BCUT2D eigenvalue weighted by Crippen LogP contribution is 2.58. The molecule has 2 aliphatic rings. The number of halogens is 1. The van der Waals surface area contributed by atoms with Crippen LogP contribution < -0.4 is 9.80 Å². The van der Waals surface area contributed by atoms with Gasteiger partial charge in [-0.25, -0.2) is 4.39 Å². The topological polar surface area (TPSA) is 6.48 Å². The van der Waals surface area contributed by atoms with Crippen molar-refractivity contribution in [3.63, 3.8) is 0 Å². The van der Waals surface area contributed by atoms with E-state index in [0.717, 1.165) is 45.0 Å². The summed E-state index contributed by atoms with van der Waals surface area (Å²) in [5.41, 5.74) is 20.8. The number of fused-ring (bicyclic) bond motifs is 7. The third kappa shape index (κ3) is 7.29. The number of hydrogen-bond acceptors (Lipinski definition) is 2. The first-order chi connectivity index (χ1) is 37.7. The molecule has 0 saturated carbocycles. The van der Waals surface area contributed by atoms with Gasteiger partial charge in [0.05, 0.1) is 11.4 Å². The lowest BCUT2D eigenvalue weighted by molar-refractivity contribution is 0.632. The molecule has 12 aromatic rings. The molecule has 77 heavy (non-hydrogen) atoms. The largest absolute Gasteiger partial charge is 0.310 e. The Balaban J connectivity index is 1.01. The summed E-state index contributed by atoms with van der Waals surface area (Å²) in [6.45, 7) is 9.47. The first-order valence-electron chi connectivity index (χ1n) is 26.8. The van der Waals surface area contributed by atoms with E-state index in [4.69, 9.17) is 0 Å². The molecule has 14 rings (SSSR count). The van der Waals surface area contributed by atoms with Crippen LogP contribution in [0.3, 0.4) is 0 Å². The number of benzene rings is 12. The van der Waals surface area contributed by atoms with Gasteiger partial charge in [-0.3, -0.25) is 0 Å². The summed E-state index contributed by atoms with van der Waals surface area (Å²) < 4.78 is 17.9. The lowest BCUT2D eigenvalue weighted by Crippen LogP contribution is -2.25. The van der Waals surface area contributed by atoms with Gasteiger partial charge < -0.3 is 9.80 Å². The first kappa shape index (κ1) is 46.2. The van der Waals surface area contributed by atoms with E-state index in [9.17, 15) is 0 Å². The molecule has 0 N–H and O–H groups in total. The molecule has 0 aliphatic heterocycles. The van der Waals surface area contributed by atoms with Crippen LogP contribution in [0.15, 0.2) is 261 Å². The third-order valence-electron chi connectivity index (χ3n) is 16.6. The maximum Gasteiger partial charge on any atom is 0.155 e. The second-order valence-electron chi connectivity index (χ2n) is 21.7. The van der Waals surface area contributed by atoms with Crippen molar-refractivity contribution in [1.29, 1.82) is 0 Å². The maximum absolute atomic E-state index is 17.9. The Morgan fingerprint density at radius 2 is 0.844 bits per heavy atom. The summed E-state index contributed by atoms with van der Waals surface area (Å²) in [6.07, 6.45) is 0. The van der Waals surface area contributed by atoms with E-state index >= 15 is 4.39 Å². The maximum atomic E-state index is 17.9. The second kappa shape index (κ2) is 17.9. The van der Waals surface area contributed by atoms with E-state index in [1.807, 2.05) is 78.9 Å². The van der Waals surface area contributed by atoms with Crippen LogP contribution in [0.2, 0.25) is 0 Å². The van der Waals surface area contributed by atoms with E-state index in [1.165, 1.54) is 77.3 Å². The average molecular weight is 991 g/mol. The van der Waals surface area contributed by atoms with Crippen LogP contribution in [0.1, 0.15) is 49.9 Å². The SMILES string of the molecule is CC1(C)c2ccccc2-c2cccc(N(c3ccccc3)c3ccc4c(-c5ccccc5)c5c6c(cccc6c4c3)C(C)(C)c3cc(N(c4ccccc4)c4cc(-c6ccccc6)cc(-c6ccccc6)c4F)ccc3-5)c21. The van der Waals surface area contributed by atoms with Gasteiger partial charge in [-0.15, -0.1) is 0 Å². The highest BCUT2D eigenvalue weighted by atomic mass is 19.1. The Kier molecular flexibility index (Phi) is 10.8. The molecule has 0 atom stereocenters. The number of anilines is 6. The molecule has 2 nitrogen and oxygen atoms in total. The molecular weight excluding hydrogens is 936 g/mol. The van der Waals surface area contributed by atoms with Gasteiger partial charge in [0.25, 0.3) is 0 Å². The lowest BCUT2D eigenvalue weighted by atomic mass is 9.66. The van der Waals surface area contributed by atoms with Crippen LogP contribution in [-0.4, -0.2) is 0 Å². The molecule has 0 fully saturated rings. The fourth-order valence-electron chi connectivity index (χ4n) is 13.1. The van der Waals surface area contributed by atoms with Crippen molar-refractivity contribution in [2.24, 2.45) is 0 Å². The quantitative estimate of drug-likeness (QED) is 0.133. The van der Waals surface area contributed by atoms with Gasteiger partial charge in [0.1, 0.15) is 0 Å². The minimum atomic E-state index is -0.458. The summed E-state index contributed by atoms with van der Waals surface area (Å²) in [5.74, 6) is -0.277. The highest BCUT2D eigenvalue weighted by Gasteiger charge is 2.40. The van der Waals surface area contributed by atoms with Crippen LogP contribution in [0.5, 0.6) is 0 Å². The normalized spacial score (nSPS) is 13.5. The Morgan fingerprint density at radius 1 is 0.299 bits per heavy atom. The molecule has 2 aliphatic carbocycles. The third-order valence-corrected chi connectivity index (χ3v) is 16.6. The van der Waals surface area contributed by atoms with Gasteiger partial charge >= 0.3 is 0 Å². The monoisotopic (exact) mass is 990 g/mol. The van der Waals surface area contributed by atoms with Gasteiger partial charge in [-0.05, 0) is 161 Å². The van der Waals surface area contributed by atoms with Crippen molar-refractivity contribution >= 4 is 55.7 Å². The molecular formula is C74H55FN2. The van der Waals surface area contributed by atoms with Crippen LogP contribution >= 0.6 is 0 Å². The van der Waals surface area contributed by atoms with Crippen LogP contribution in [0, 0.1) is 5.82 Å². The molecule has 3 heteroatoms. The standard InChI is InChI=1S/C74H55FN2/c1-73(2)64-38-22-35-57-62-46-54(76(52-30-16-8-17-31-52)66-39-23-36-59-56-34-20-21-37-63(56)74(3,4)71(59)66)40-42-58(62)68(50-28-14-7-15-29-50)70(69(57)64)60-43-41-55(47-65(60)73)77(53-32-18-9-19-33-53)67-45-51(48-24-10-5-11-25-48)44-61(72(67)75)49-26-12-6-13-27-49/h5-47H,1-4H3. The molecule has 0 radical (unpaired) electrons. The Labute approximate surface area is 450 Å². The van der Waals surface area contributed by atoms with Crippen molar-refractivity contribution in [3.8, 4) is 55.6 Å². The van der Waals surface area contributed by atoms with Crippen molar-refractivity contribution in [3.05, 3.63) is 289 Å². The summed E-state index contributed by atoms with van der Waals surface area (Å²) >= 11 is 0. The zero-order valence-electron chi connectivity index (χ0n) is 43.6. The summed E-state index contributed by atoms with van der Waals surface area (Å²) in [7, 11) is 0. The zero-order chi connectivity index (χ0) is 52.0. The summed E-state index contributed by atoms with van der Waals surface area (Å²) in [4.78, 5) is 4.59.